The number of aromatic nitrogens is 5. The number of aliphatic hydroxyl groups excluding tert-OH is 1. The third-order valence-corrected chi connectivity index (χ3v) is 5.99. The van der Waals surface area contributed by atoms with Crippen LogP contribution in [0.15, 0.2) is 42.7 Å². The van der Waals surface area contributed by atoms with Crippen LogP contribution in [0.4, 0.5) is 0 Å². The lowest BCUT2D eigenvalue weighted by molar-refractivity contribution is 0.0920. The molecule has 164 valence electrons. The summed E-state index contributed by atoms with van der Waals surface area (Å²) in [6.45, 7) is 1.75. The number of aliphatic hydroxyl groups is 1. The topological polar surface area (TPSA) is 97.9 Å². The predicted octanol–water partition coefficient (Wildman–Crippen LogP) is 2.44. The Morgan fingerprint density at radius 1 is 1.23 bits per heavy atom. The summed E-state index contributed by atoms with van der Waals surface area (Å²) in [6.07, 6.45) is 8.04. The normalized spacial score (nSPS) is 19.8. The molecule has 1 fully saturated rings. The lowest BCUT2D eigenvalue weighted by Gasteiger charge is -2.29. The average molecular weight is 423 g/mol. The number of amides is 1. The van der Waals surface area contributed by atoms with Crippen molar-refractivity contribution in [3.63, 3.8) is 0 Å². The number of carbonyl (C=O) groups is 1. The van der Waals surface area contributed by atoms with Gasteiger partial charge >= 0.3 is 0 Å². The molecule has 2 aromatic heterocycles. The molecule has 1 atom stereocenters. The molecule has 1 unspecified atom stereocenters. The van der Waals surface area contributed by atoms with Gasteiger partial charge in [-0.25, -0.2) is 4.68 Å². The van der Waals surface area contributed by atoms with E-state index >= 15 is 0 Å². The van der Waals surface area contributed by atoms with E-state index in [2.05, 4.69) is 32.9 Å². The highest BCUT2D eigenvalue weighted by Crippen LogP contribution is 2.28. The van der Waals surface area contributed by atoms with Gasteiger partial charge in [0.1, 0.15) is 0 Å². The summed E-state index contributed by atoms with van der Waals surface area (Å²) in [6, 6.07) is 10.6. The molecule has 2 heterocycles. The van der Waals surface area contributed by atoms with Gasteiger partial charge in [-0.1, -0.05) is 35.5 Å². The Morgan fingerprint density at radius 3 is 2.68 bits per heavy atom. The molecular weight excluding hydrogens is 392 g/mol. The first-order valence-corrected chi connectivity index (χ1v) is 10.9. The zero-order chi connectivity index (χ0) is 21.8. The summed E-state index contributed by atoms with van der Waals surface area (Å²) in [5.41, 5.74) is 3.54. The summed E-state index contributed by atoms with van der Waals surface area (Å²) in [5, 5.41) is 25.4. The molecule has 8 heteroatoms. The zero-order valence-corrected chi connectivity index (χ0v) is 18.1. The quantitative estimate of drug-likeness (QED) is 0.609. The maximum atomic E-state index is 13.0. The van der Waals surface area contributed by atoms with E-state index in [9.17, 15) is 9.90 Å². The molecule has 2 N–H and O–H groups in total. The first kappa shape index (κ1) is 21.2. The molecule has 0 spiro atoms. The van der Waals surface area contributed by atoms with Gasteiger partial charge in [-0.05, 0) is 38.2 Å². The molecule has 1 aliphatic rings. The second-order valence-corrected chi connectivity index (χ2v) is 8.51. The van der Waals surface area contributed by atoms with Gasteiger partial charge < -0.3 is 10.4 Å². The average Bonchev–Trinajstić information content (AvgIpc) is 3.36. The lowest BCUT2D eigenvalue weighted by Crippen LogP contribution is -2.38. The van der Waals surface area contributed by atoms with E-state index in [4.69, 9.17) is 0 Å². The minimum Gasteiger partial charge on any atom is -0.393 e. The van der Waals surface area contributed by atoms with Crippen molar-refractivity contribution in [1.29, 1.82) is 0 Å². The van der Waals surface area contributed by atoms with Gasteiger partial charge in [-0.2, -0.15) is 5.10 Å². The van der Waals surface area contributed by atoms with E-state index in [1.54, 1.807) is 17.8 Å². The van der Waals surface area contributed by atoms with Crippen molar-refractivity contribution in [2.75, 3.05) is 0 Å². The largest absolute Gasteiger partial charge is 0.393 e. The van der Waals surface area contributed by atoms with Crippen molar-refractivity contribution in [1.82, 2.24) is 30.1 Å². The van der Waals surface area contributed by atoms with Crippen LogP contribution >= 0.6 is 0 Å². The van der Waals surface area contributed by atoms with Gasteiger partial charge in [-0.3, -0.25) is 9.48 Å². The van der Waals surface area contributed by atoms with E-state index in [0.29, 0.717) is 18.4 Å². The highest BCUT2D eigenvalue weighted by molar-refractivity contribution is 5.95. The van der Waals surface area contributed by atoms with E-state index in [0.717, 1.165) is 42.6 Å². The predicted molar refractivity (Wildman–Crippen MR) is 117 cm³/mol. The molecule has 1 aliphatic carbocycles. The van der Waals surface area contributed by atoms with Crippen LogP contribution in [0.5, 0.6) is 0 Å². The maximum absolute atomic E-state index is 13.0. The third kappa shape index (κ3) is 5.19. The molecule has 0 radical (unpaired) electrons. The molecule has 1 aromatic carbocycles. The Balaban J connectivity index is 1.34. The summed E-state index contributed by atoms with van der Waals surface area (Å²) in [5.74, 6) is -0.0533. The summed E-state index contributed by atoms with van der Waals surface area (Å²) >= 11 is 0. The van der Waals surface area contributed by atoms with Gasteiger partial charge in [0, 0.05) is 32.1 Å². The van der Waals surface area contributed by atoms with Crippen LogP contribution < -0.4 is 5.32 Å². The molecular formula is C23H30N6O2. The van der Waals surface area contributed by atoms with Crippen molar-refractivity contribution < 1.29 is 9.90 Å². The van der Waals surface area contributed by atoms with Gasteiger partial charge in [0.15, 0.2) is 0 Å². The van der Waals surface area contributed by atoms with Crippen LogP contribution in [0.25, 0.3) is 0 Å². The summed E-state index contributed by atoms with van der Waals surface area (Å²) < 4.78 is 3.70. The Morgan fingerprint density at radius 2 is 1.97 bits per heavy atom. The second kappa shape index (κ2) is 9.43. The van der Waals surface area contributed by atoms with E-state index in [-0.39, 0.29) is 18.0 Å². The highest BCUT2D eigenvalue weighted by Gasteiger charge is 2.26. The van der Waals surface area contributed by atoms with Gasteiger partial charge in [0.05, 0.1) is 35.3 Å². The van der Waals surface area contributed by atoms with Gasteiger partial charge in [0.2, 0.25) is 0 Å². The van der Waals surface area contributed by atoms with E-state index in [1.807, 2.05) is 36.1 Å². The number of benzene rings is 1. The Kier molecular flexibility index (Phi) is 6.46. The molecule has 1 amide bonds. The van der Waals surface area contributed by atoms with Crippen LogP contribution in [0.3, 0.4) is 0 Å². The molecule has 0 saturated heterocycles. The smallest absolute Gasteiger partial charge is 0.254 e. The Hall–Kier alpha value is -3.00. The minimum atomic E-state index is -0.421. The fraction of sp³-hybridized carbons (Fsp3) is 0.478. The summed E-state index contributed by atoms with van der Waals surface area (Å²) in [7, 11) is 1.88. The van der Waals surface area contributed by atoms with Crippen LogP contribution in [0.1, 0.15) is 66.0 Å². The van der Waals surface area contributed by atoms with Crippen LogP contribution in [-0.4, -0.2) is 47.9 Å². The number of nitrogens with zero attached hydrogens (tertiary/aromatic N) is 5. The van der Waals surface area contributed by atoms with Crippen molar-refractivity contribution in [3.05, 3.63) is 65.2 Å². The first-order chi connectivity index (χ1) is 15.0. The molecule has 0 bridgehead atoms. The molecule has 31 heavy (non-hydrogen) atoms. The van der Waals surface area contributed by atoms with Crippen LogP contribution in [0.2, 0.25) is 0 Å². The molecule has 3 aromatic rings. The van der Waals surface area contributed by atoms with Crippen LogP contribution in [0, 0.1) is 0 Å². The lowest BCUT2D eigenvalue weighted by atomic mass is 9.91. The number of aryl methyl sites for hydroxylation is 1. The van der Waals surface area contributed by atoms with Crippen molar-refractivity contribution in [2.24, 2.45) is 7.05 Å². The van der Waals surface area contributed by atoms with E-state index in [1.165, 1.54) is 0 Å². The van der Waals surface area contributed by atoms with Crippen molar-refractivity contribution in [2.45, 2.75) is 63.6 Å². The minimum absolute atomic E-state index is 0.0533. The maximum Gasteiger partial charge on any atom is 0.254 e. The molecule has 8 nitrogen and oxygen atoms in total. The first-order valence-electron chi connectivity index (χ1n) is 10.9. The Labute approximate surface area is 182 Å². The van der Waals surface area contributed by atoms with Gasteiger partial charge in [0.25, 0.3) is 5.91 Å². The SMILES string of the molecule is CC(O)Cc1cn(C2CCC(NC(=O)c3cnn(C)c3Cc3ccccc3)CC2)nn1. The Bertz CT molecular complexity index is 1000. The summed E-state index contributed by atoms with van der Waals surface area (Å²) in [4.78, 5) is 13.0. The fourth-order valence-electron chi connectivity index (χ4n) is 4.29. The molecule has 1 saturated carbocycles. The zero-order valence-electron chi connectivity index (χ0n) is 18.1. The third-order valence-electron chi connectivity index (χ3n) is 5.99. The van der Waals surface area contributed by atoms with Gasteiger partial charge in [-0.15, -0.1) is 5.10 Å². The number of hydrogen-bond donors (Lipinski definition) is 2. The number of nitrogens with one attached hydrogen (secondary N) is 1. The van der Waals surface area contributed by atoms with Crippen molar-refractivity contribution in [3.8, 4) is 0 Å². The van der Waals surface area contributed by atoms with Crippen molar-refractivity contribution >= 4 is 5.91 Å². The molecule has 4 rings (SSSR count). The number of carbonyl (C=O) groups excluding carboxylic acids is 1. The highest BCUT2D eigenvalue weighted by atomic mass is 16.3. The van der Waals surface area contributed by atoms with E-state index < -0.39 is 6.10 Å². The number of rotatable bonds is 7. The monoisotopic (exact) mass is 422 g/mol. The standard InChI is InChI=1S/C23H30N6O2/c1-16(30)12-19-15-29(27-26-19)20-10-8-18(9-11-20)25-23(31)21-14-24-28(2)22(21)13-17-6-4-3-5-7-17/h3-7,14-16,18,20,30H,8-13H2,1-2H3,(H,25,31). The fourth-order valence-corrected chi connectivity index (χ4v) is 4.29. The molecule has 0 aliphatic heterocycles. The van der Waals surface area contributed by atoms with Crippen LogP contribution in [-0.2, 0) is 19.9 Å². The number of hydrogen-bond acceptors (Lipinski definition) is 5. The second-order valence-electron chi connectivity index (χ2n) is 8.51.